The van der Waals surface area contributed by atoms with E-state index in [2.05, 4.69) is 10.0 Å². The molecule has 0 saturated carbocycles. The van der Waals surface area contributed by atoms with Crippen LogP contribution in [0.5, 0.6) is 0 Å². The lowest BCUT2D eigenvalue weighted by Crippen LogP contribution is -2.46. The SMILES string of the molecule is O=S(=O)(NCCN1CCNCC1)c1ccc(F)c(F)c1F. The summed E-state index contributed by atoms with van der Waals surface area (Å²) in [7, 11) is -4.20. The van der Waals surface area contributed by atoms with E-state index in [1.807, 2.05) is 4.90 Å². The quantitative estimate of drug-likeness (QED) is 0.765. The van der Waals surface area contributed by atoms with Gasteiger partial charge in [0.25, 0.3) is 0 Å². The fourth-order valence-corrected chi connectivity index (χ4v) is 3.15. The van der Waals surface area contributed by atoms with Crippen molar-refractivity contribution >= 4 is 10.0 Å². The van der Waals surface area contributed by atoms with E-state index < -0.39 is 32.4 Å². The molecular weight excluding hydrogens is 307 g/mol. The Morgan fingerprint density at radius 3 is 2.48 bits per heavy atom. The van der Waals surface area contributed by atoms with Gasteiger partial charge in [-0.2, -0.15) is 0 Å². The van der Waals surface area contributed by atoms with E-state index in [0.29, 0.717) is 18.7 Å². The third kappa shape index (κ3) is 3.94. The van der Waals surface area contributed by atoms with E-state index in [4.69, 9.17) is 0 Å². The van der Waals surface area contributed by atoms with Crippen LogP contribution in [0, 0.1) is 17.5 Å². The molecule has 1 saturated heterocycles. The first-order valence-corrected chi connectivity index (χ1v) is 7.96. The van der Waals surface area contributed by atoms with Crippen LogP contribution in [0.4, 0.5) is 13.2 Å². The maximum absolute atomic E-state index is 13.5. The summed E-state index contributed by atoms with van der Waals surface area (Å²) in [6.45, 7) is 3.77. The highest BCUT2D eigenvalue weighted by molar-refractivity contribution is 7.89. The van der Waals surface area contributed by atoms with Crippen molar-refractivity contribution in [2.24, 2.45) is 0 Å². The summed E-state index contributed by atoms with van der Waals surface area (Å²) in [5.41, 5.74) is 0. The van der Waals surface area contributed by atoms with Gasteiger partial charge in [0.15, 0.2) is 17.5 Å². The van der Waals surface area contributed by atoms with Crippen LogP contribution in [0.15, 0.2) is 17.0 Å². The molecular formula is C12H16F3N3O2S. The molecule has 9 heteroatoms. The molecule has 1 aliphatic rings. The van der Waals surface area contributed by atoms with Gasteiger partial charge in [-0.25, -0.2) is 26.3 Å². The molecule has 0 aromatic heterocycles. The second-order valence-corrected chi connectivity index (χ2v) is 6.40. The number of piperazine rings is 1. The van der Waals surface area contributed by atoms with Crippen LogP contribution in [0.3, 0.4) is 0 Å². The van der Waals surface area contributed by atoms with Gasteiger partial charge in [0.2, 0.25) is 10.0 Å². The van der Waals surface area contributed by atoms with E-state index in [9.17, 15) is 21.6 Å². The second kappa shape index (κ2) is 6.73. The first-order valence-electron chi connectivity index (χ1n) is 6.48. The predicted molar refractivity (Wildman–Crippen MR) is 70.8 cm³/mol. The number of nitrogens with one attached hydrogen (secondary N) is 2. The highest BCUT2D eigenvalue weighted by Crippen LogP contribution is 2.19. The van der Waals surface area contributed by atoms with E-state index >= 15 is 0 Å². The molecule has 118 valence electrons. The van der Waals surface area contributed by atoms with Crippen LogP contribution >= 0.6 is 0 Å². The molecule has 0 unspecified atom stereocenters. The number of nitrogens with zero attached hydrogens (tertiary/aromatic N) is 1. The van der Waals surface area contributed by atoms with Crippen LogP contribution in [0.2, 0.25) is 0 Å². The van der Waals surface area contributed by atoms with Crippen LogP contribution in [-0.2, 0) is 10.0 Å². The molecule has 0 radical (unpaired) electrons. The molecule has 1 fully saturated rings. The van der Waals surface area contributed by atoms with Crippen molar-refractivity contribution in [2.45, 2.75) is 4.90 Å². The summed E-state index contributed by atoms with van der Waals surface area (Å²) in [5.74, 6) is -4.92. The number of halogens is 3. The molecule has 1 aromatic carbocycles. The molecule has 2 N–H and O–H groups in total. The van der Waals surface area contributed by atoms with Gasteiger partial charge in [-0.1, -0.05) is 0 Å². The van der Waals surface area contributed by atoms with E-state index in [-0.39, 0.29) is 6.54 Å². The van der Waals surface area contributed by atoms with Crippen molar-refractivity contribution in [1.29, 1.82) is 0 Å². The number of sulfonamides is 1. The molecule has 0 aliphatic carbocycles. The lowest BCUT2D eigenvalue weighted by atomic mass is 10.3. The first-order chi connectivity index (χ1) is 9.92. The highest BCUT2D eigenvalue weighted by atomic mass is 32.2. The summed E-state index contributed by atoms with van der Waals surface area (Å²) >= 11 is 0. The summed E-state index contributed by atoms with van der Waals surface area (Å²) in [6, 6.07) is 1.30. The van der Waals surface area contributed by atoms with Crippen molar-refractivity contribution in [3.8, 4) is 0 Å². The Hall–Kier alpha value is -1.16. The zero-order valence-corrected chi connectivity index (χ0v) is 12.0. The summed E-state index contributed by atoms with van der Waals surface area (Å²) in [4.78, 5) is 1.15. The maximum Gasteiger partial charge on any atom is 0.243 e. The van der Waals surface area contributed by atoms with Crippen LogP contribution in [-0.4, -0.2) is 52.6 Å². The molecule has 1 aliphatic heterocycles. The van der Waals surface area contributed by atoms with Gasteiger partial charge in [-0.3, -0.25) is 4.90 Å². The van der Waals surface area contributed by atoms with Gasteiger partial charge >= 0.3 is 0 Å². The second-order valence-electron chi connectivity index (χ2n) is 4.66. The Kier molecular flexibility index (Phi) is 5.20. The third-order valence-electron chi connectivity index (χ3n) is 3.22. The van der Waals surface area contributed by atoms with Crippen molar-refractivity contribution in [3.63, 3.8) is 0 Å². The van der Waals surface area contributed by atoms with Crippen molar-refractivity contribution < 1.29 is 21.6 Å². The normalized spacial score (nSPS) is 17.1. The molecule has 21 heavy (non-hydrogen) atoms. The number of hydrogen-bond donors (Lipinski definition) is 2. The standard InChI is InChI=1S/C12H16F3N3O2S/c13-9-1-2-10(12(15)11(9)14)21(19,20)17-5-8-18-6-3-16-4-7-18/h1-2,16-17H,3-8H2. The van der Waals surface area contributed by atoms with Crippen LogP contribution in [0.1, 0.15) is 0 Å². The van der Waals surface area contributed by atoms with Crippen molar-refractivity contribution in [1.82, 2.24) is 14.9 Å². The van der Waals surface area contributed by atoms with E-state index in [1.54, 1.807) is 0 Å². The average molecular weight is 323 g/mol. The van der Waals surface area contributed by atoms with Gasteiger partial charge in [-0.15, -0.1) is 0 Å². The van der Waals surface area contributed by atoms with Gasteiger partial charge in [0, 0.05) is 39.3 Å². The summed E-state index contributed by atoms with van der Waals surface area (Å²) < 4.78 is 65.3. The first kappa shape index (κ1) is 16.2. The predicted octanol–water partition coefficient (Wildman–Crippen LogP) is 0.287. The van der Waals surface area contributed by atoms with Crippen LogP contribution in [0.25, 0.3) is 0 Å². The van der Waals surface area contributed by atoms with Crippen LogP contribution < -0.4 is 10.0 Å². The summed E-state index contributed by atoms with van der Waals surface area (Å²) in [5, 5.41) is 3.16. The highest BCUT2D eigenvalue weighted by Gasteiger charge is 2.23. The minimum atomic E-state index is -4.20. The zero-order chi connectivity index (χ0) is 15.5. The fraction of sp³-hybridized carbons (Fsp3) is 0.500. The minimum Gasteiger partial charge on any atom is -0.314 e. The zero-order valence-electron chi connectivity index (χ0n) is 11.2. The number of rotatable bonds is 5. The minimum absolute atomic E-state index is 0.0702. The van der Waals surface area contributed by atoms with Gasteiger partial charge in [0.1, 0.15) is 4.90 Å². The third-order valence-corrected chi connectivity index (χ3v) is 4.70. The average Bonchev–Trinajstić information content (AvgIpc) is 2.45. The number of benzene rings is 1. The van der Waals surface area contributed by atoms with E-state index in [1.165, 1.54) is 0 Å². The lowest BCUT2D eigenvalue weighted by Gasteiger charge is -2.27. The Bertz CT molecular complexity index is 604. The Labute approximate surface area is 121 Å². The largest absolute Gasteiger partial charge is 0.314 e. The Morgan fingerprint density at radius 2 is 1.81 bits per heavy atom. The molecule has 1 aromatic rings. The molecule has 0 atom stereocenters. The van der Waals surface area contributed by atoms with Gasteiger partial charge in [0.05, 0.1) is 0 Å². The lowest BCUT2D eigenvalue weighted by molar-refractivity contribution is 0.245. The molecule has 0 amide bonds. The molecule has 0 spiro atoms. The fourth-order valence-electron chi connectivity index (χ4n) is 2.07. The number of hydrogen-bond acceptors (Lipinski definition) is 4. The van der Waals surface area contributed by atoms with Crippen molar-refractivity contribution in [3.05, 3.63) is 29.6 Å². The van der Waals surface area contributed by atoms with E-state index in [0.717, 1.165) is 26.2 Å². The van der Waals surface area contributed by atoms with Gasteiger partial charge < -0.3 is 5.32 Å². The summed E-state index contributed by atoms with van der Waals surface area (Å²) in [6.07, 6.45) is 0. The maximum atomic E-state index is 13.5. The Morgan fingerprint density at radius 1 is 1.14 bits per heavy atom. The smallest absolute Gasteiger partial charge is 0.243 e. The molecule has 1 heterocycles. The Balaban J connectivity index is 2.00. The molecule has 5 nitrogen and oxygen atoms in total. The molecule has 2 rings (SSSR count). The molecule has 0 bridgehead atoms. The topological polar surface area (TPSA) is 61.4 Å². The monoisotopic (exact) mass is 323 g/mol. The van der Waals surface area contributed by atoms with Gasteiger partial charge in [-0.05, 0) is 12.1 Å². The van der Waals surface area contributed by atoms with Crippen molar-refractivity contribution in [2.75, 3.05) is 39.3 Å².